The molecule has 1 saturated heterocycles. The van der Waals surface area contributed by atoms with Crippen LogP contribution in [0.15, 0.2) is 42.5 Å². The highest BCUT2D eigenvalue weighted by Crippen LogP contribution is 2.29. The summed E-state index contributed by atoms with van der Waals surface area (Å²) in [6.45, 7) is 0.491. The number of nitrogens with one attached hydrogen (secondary N) is 1. The number of alkyl halides is 3. The van der Waals surface area contributed by atoms with Gasteiger partial charge in [-0.05, 0) is 35.4 Å². The topological polar surface area (TPSA) is 61.8 Å². The van der Waals surface area contributed by atoms with Gasteiger partial charge in [0.25, 0.3) is 0 Å². The van der Waals surface area contributed by atoms with Crippen LogP contribution in [0, 0.1) is 11.6 Å². The third-order valence-corrected chi connectivity index (χ3v) is 4.91. The summed E-state index contributed by atoms with van der Waals surface area (Å²) in [4.78, 5) is 13.8. The maximum Gasteiger partial charge on any atom is 0.416 e. The van der Waals surface area contributed by atoms with E-state index in [2.05, 4.69) is 5.32 Å². The predicted molar refractivity (Wildman–Crippen MR) is 101 cm³/mol. The van der Waals surface area contributed by atoms with E-state index in [4.69, 9.17) is 4.74 Å². The van der Waals surface area contributed by atoms with Crippen molar-refractivity contribution in [1.29, 1.82) is 0 Å². The zero-order valence-electron chi connectivity index (χ0n) is 16.3. The summed E-state index contributed by atoms with van der Waals surface area (Å²) in [5.74, 6) is -1.98. The van der Waals surface area contributed by atoms with Gasteiger partial charge in [-0.25, -0.2) is 13.6 Å². The number of carbonyl (C=O) groups is 1. The van der Waals surface area contributed by atoms with Gasteiger partial charge in [-0.15, -0.1) is 0 Å². The minimum absolute atomic E-state index is 0.0685. The Hall–Kier alpha value is -2.72. The summed E-state index contributed by atoms with van der Waals surface area (Å²) < 4.78 is 69.9. The van der Waals surface area contributed by atoms with Gasteiger partial charge in [0, 0.05) is 19.5 Å². The number of nitrogens with zero attached hydrogens (tertiary/aromatic N) is 1. The summed E-state index contributed by atoms with van der Waals surface area (Å²) in [5.41, 5.74) is 0.125. The van der Waals surface area contributed by atoms with Crippen LogP contribution in [0.5, 0.6) is 0 Å². The number of benzene rings is 2. The number of urea groups is 1. The van der Waals surface area contributed by atoms with Crippen LogP contribution < -0.4 is 5.32 Å². The van der Waals surface area contributed by atoms with Crippen LogP contribution in [0.2, 0.25) is 0 Å². The highest BCUT2D eigenvalue weighted by molar-refractivity contribution is 5.74. The van der Waals surface area contributed by atoms with Gasteiger partial charge in [0.1, 0.15) is 6.10 Å². The SMILES string of the molecule is O=C(NCC(O)Cc1ccc(C(F)(F)F)cc1)N1CCOC(c2ccc(F)c(F)c2)C1. The van der Waals surface area contributed by atoms with Crippen molar-refractivity contribution in [2.24, 2.45) is 0 Å². The van der Waals surface area contributed by atoms with E-state index in [9.17, 15) is 31.9 Å². The Bertz CT molecular complexity index is 905. The standard InChI is InChI=1S/C21H21F5N2O3/c22-17-6-3-14(10-18(17)23)19-12-28(7-8-31-19)20(30)27-11-16(29)9-13-1-4-15(5-2-13)21(24,25)26/h1-6,10,16,19,29H,7-9,11-12H2,(H,27,30). The largest absolute Gasteiger partial charge is 0.416 e. The molecule has 1 fully saturated rings. The average molecular weight is 444 g/mol. The van der Waals surface area contributed by atoms with E-state index in [1.807, 2.05) is 0 Å². The van der Waals surface area contributed by atoms with E-state index in [1.165, 1.54) is 23.1 Å². The minimum atomic E-state index is -4.43. The van der Waals surface area contributed by atoms with Crippen LogP contribution in [0.25, 0.3) is 0 Å². The molecular formula is C21H21F5N2O3. The van der Waals surface area contributed by atoms with Crippen LogP contribution in [0.4, 0.5) is 26.7 Å². The number of halogens is 5. The van der Waals surface area contributed by atoms with Crippen molar-refractivity contribution in [1.82, 2.24) is 10.2 Å². The summed E-state index contributed by atoms with van der Waals surface area (Å²) in [7, 11) is 0. The molecule has 0 saturated carbocycles. The molecule has 0 spiro atoms. The van der Waals surface area contributed by atoms with Crippen LogP contribution >= 0.6 is 0 Å². The molecule has 0 radical (unpaired) electrons. The highest BCUT2D eigenvalue weighted by Gasteiger charge is 2.30. The maximum atomic E-state index is 13.5. The first kappa shape index (κ1) is 23.0. The number of amides is 2. The first-order valence-corrected chi connectivity index (χ1v) is 9.57. The van der Waals surface area contributed by atoms with Crippen LogP contribution in [-0.2, 0) is 17.3 Å². The molecule has 168 valence electrons. The van der Waals surface area contributed by atoms with E-state index < -0.39 is 41.6 Å². The fourth-order valence-electron chi connectivity index (χ4n) is 3.24. The van der Waals surface area contributed by atoms with Crippen molar-refractivity contribution in [3.63, 3.8) is 0 Å². The van der Waals surface area contributed by atoms with E-state index in [0.29, 0.717) is 11.1 Å². The lowest BCUT2D eigenvalue weighted by Gasteiger charge is -2.33. The Labute approximate surface area is 175 Å². The van der Waals surface area contributed by atoms with Gasteiger partial charge in [0.15, 0.2) is 11.6 Å². The third-order valence-electron chi connectivity index (χ3n) is 4.91. The molecule has 31 heavy (non-hydrogen) atoms. The lowest BCUT2D eigenvalue weighted by molar-refractivity contribution is -0.137. The van der Waals surface area contributed by atoms with Gasteiger partial charge >= 0.3 is 12.2 Å². The second-order valence-electron chi connectivity index (χ2n) is 7.22. The Morgan fingerprint density at radius 2 is 1.87 bits per heavy atom. The number of ether oxygens (including phenoxy) is 1. The number of rotatable bonds is 5. The normalized spacial score (nSPS) is 18.0. The van der Waals surface area contributed by atoms with Gasteiger partial charge in [0.05, 0.1) is 24.8 Å². The van der Waals surface area contributed by atoms with Crippen LogP contribution in [0.1, 0.15) is 22.8 Å². The highest BCUT2D eigenvalue weighted by atomic mass is 19.4. The van der Waals surface area contributed by atoms with E-state index in [0.717, 1.165) is 24.3 Å². The Balaban J connectivity index is 1.49. The molecule has 3 rings (SSSR count). The molecule has 1 aliphatic heterocycles. The van der Waals surface area contributed by atoms with Crippen molar-refractivity contribution in [2.75, 3.05) is 26.2 Å². The fraction of sp³-hybridized carbons (Fsp3) is 0.381. The molecule has 0 bridgehead atoms. The number of aliphatic hydroxyl groups is 1. The minimum Gasteiger partial charge on any atom is -0.391 e. The molecule has 0 aromatic heterocycles. The predicted octanol–water partition coefficient (Wildman–Crippen LogP) is 3.67. The monoisotopic (exact) mass is 444 g/mol. The zero-order valence-corrected chi connectivity index (χ0v) is 16.3. The molecule has 2 amide bonds. The number of carbonyl (C=O) groups excluding carboxylic acids is 1. The second-order valence-corrected chi connectivity index (χ2v) is 7.22. The maximum absolute atomic E-state index is 13.5. The Morgan fingerprint density at radius 3 is 2.52 bits per heavy atom. The number of hydrogen-bond donors (Lipinski definition) is 2. The van der Waals surface area contributed by atoms with Crippen LogP contribution in [-0.4, -0.2) is 48.4 Å². The molecule has 2 atom stereocenters. The average Bonchev–Trinajstić information content (AvgIpc) is 2.74. The molecule has 1 heterocycles. The van der Waals surface area contributed by atoms with Gasteiger partial charge in [-0.2, -0.15) is 13.2 Å². The van der Waals surface area contributed by atoms with Gasteiger partial charge in [-0.1, -0.05) is 18.2 Å². The summed E-state index contributed by atoms with van der Waals surface area (Å²) in [6, 6.07) is 7.37. The molecule has 2 unspecified atom stereocenters. The smallest absolute Gasteiger partial charge is 0.391 e. The summed E-state index contributed by atoms with van der Waals surface area (Å²) >= 11 is 0. The second kappa shape index (κ2) is 9.61. The molecule has 0 aliphatic carbocycles. The van der Waals surface area contributed by atoms with Gasteiger partial charge < -0.3 is 20.1 Å². The van der Waals surface area contributed by atoms with Crippen molar-refractivity contribution in [2.45, 2.75) is 24.8 Å². The first-order chi connectivity index (χ1) is 14.6. The summed E-state index contributed by atoms with van der Waals surface area (Å²) in [5, 5.41) is 12.7. The Morgan fingerprint density at radius 1 is 1.16 bits per heavy atom. The molecule has 5 nitrogen and oxygen atoms in total. The molecule has 2 N–H and O–H groups in total. The fourth-order valence-corrected chi connectivity index (χ4v) is 3.24. The van der Waals surface area contributed by atoms with Gasteiger partial charge in [0.2, 0.25) is 0 Å². The number of aliphatic hydroxyl groups excluding tert-OH is 1. The van der Waals surface area contributed by atoms with E-state index in [-0.39, 0.29) is 32.7 Å². The number of hydrogen-bond acceptors (Lipinski definition) is 3. The third kappa shape index (κ3) is 6.14. The summed E-state index contributed by atoms with van der Waals surface area (Å²) in [6.07, 6.45) is -5.98. The lowest BCUT2D eigenvalue weighted by Crippen LogP contribution is -2.48. The van der Waals surface area contributed by atoms with Gasteiger partial charge in [-0.3, -0.25) is 0 Å². The lowest BCUT2D eigenvalue weighted by atomic mass is 10.1. The molecule has 2 aromatic carbocycles. The van der Waals surface area contributed by atoms with Crippen molar-refractivity contribution in [3.05, 3.63) is 70.8 Å². The first-order valence-electron chi connectivity index (χ1n) is 9.57. The molecule has 2 aromatic rings. The Kier molecular flexibility index (Phi) is 7.11. The molecule has 1 aliphatic rings. The van der Waals surface area contributed by atoms with E-state index >= 15 is 0 Å². The van der Waals surface area contributed by atoms with Crippen molar-refractivity contribution in [3.8, 4) is 0 Å². The molecular weight excluding hydrogens is 423 g/mol. The number of morpholine rings is 1. The van der Waals surface area contributed by atoms with Crippen LogP contribution in [0.3, 0.4) is 0 Å². The van der Waals surface area contributed by atoms with Crippen molar-refractivity contribution >= 4 is 6.03 Å². The molecule has 10 heteroatoms. The zero-order chi connectivity index (χ0) is 22.6. The van der Waals surface area contributed by atoms with E-state index in [1.54, 1.807) is 0 Å². The van der Waals surface area contributed by atoms with Crippen molar-refractivity contribution < 1.29 is 36.6 Å². The quantitative estimate of drug-likeness (QED) is 0.692.